The molecule has 3 N–H and O–H groups in total. The largest absolute Gasteiger partial charge is 0.381 e. The van der Waals surface area contributed by atoms with Crippen LogP contribution >= 0.6 is 11.3 Å². The van der Waals surface area contributed by atoms with Gasteiger partial charge in [0.05, 0.1) is 13.2 Å². The minimum atomic E-state index is -0.452. The summed E-state index contributed by atoms with van der Waals surface area (Å²) < 4.78 is 19.5. The summed E-state index contributed by atoms with van der Waals surface area (Å²) >= 11 is 1.51. The Labute approximate surface area is 132 Å². The molecule has 1 fully saturated rings. The first-order valence-electron chi connectivity index (χ1n) is 7.06. The van der Waals surface area contributed by atoms with Gasteiger partial charge in [-0.15, -0.1) is 11.3 Å². The summed E-state index contributed by atoms with van der Waals surface area (Å²) in [5.41, 5.74) is 6.23. The summed E-state index contributed by atoms with van der Waals surface area (Å²) in [6.45, 7) is 5.39. The fourth-order valence-corrected chi connectivity index (χ4v) is 2.98. The molecule has 0 aliphatic carbocycles. The second-order valence-electron chi connectivity index (χ2n) is 5.16. The van der Waals surface area contributed by atoms with Crippen molar-refractivity contribution in [3.8, 4) is 0 Å². The maximum atomic E-state index is 14.2. The Kier molecular flexibility index (Phi) is 4.51. The molecule has 3 heterocycles. The number of halogens is 1. The number of anilines is 3. The van der Waals surface area contributed by atoms with Crippen LogP contribution in [0.5, 0.6) is 0 Å². The van der Waals surface area contributed by atoms with Gasteiger partial charge in [0.15, 0.2) is 16.8 Å². The van der Waals surface area contributed by atoms with Crippen LogP contribution in [0, 0.1) is 12.7 Å². The Morgan fingerprint density at radius 3 is 2.91 bits per heavy atom. The minimum absolute atomic E-state index is 0.0958. The lowest BCUT2D eigenvalue weighted by molar-refractivity contribution is 0.0337. The molecule has 22 heavy (non-hydrogen) atoms. The maximum Gasteiger partial charge on any atom is 0.188 e. The highest BCUT2D eigenvalue weighted by molar-refractivity contribution is 7.15. The number of morpholine rings is 1. The first-order chi connectivity index (χ1) is 10.6. The van der Waals surface area contributed by atoms with Crippen LogP contribution in [0.3, 0.4) is 0 Å². The van der Waals surface area contributed by atoms with Gasteiger partial charge in [-0.25, -0.2) is 14.4 Å². The average molecular weight is 323 g/mol. The molecule has 0 bridgehead atoms. The number of nitrogens with two attached hydrogens (primary N) is 1. The molecule has 3 rings (SSSR count). The lowest BCUT2D eigenvalue weighted by atomic mass is 10.2. The van der Waals surface area contributed by atoms with E-state index in [1.165, 1.54) is 11.3 Å². The van der Waals surface area contributed by atoms with Crippen LogP contribution in [0.2, 0.25) is 0 Å². The third-order valence-corrected chi connectivity index (χ3v) is 4.24. The predicted molar refractivity (Wildman–Crippen MR) is 84.8 cm³/mol. The van der Waals surface area contributed by atoms with E-state index >= 15 is 0 Å². The van der Waals surface area contributed by atoms with E-state index in [4.69, 9.17) is 10.5 Å². The predicted octanol–water partition coefficient (Wildman–Crippen LogP) is 2.14. The van der Waals surface area contributed by atoms with E-state index in [0.29, 0.717) is 36.3 Å². The van der Waals surface area contributed by atoms with Crippen LogP contribution in [0.25, 0.3) is 0 Å². The van der Waals surface area contributed by atoms with Gasteiger partial charge in [0.2, 0.25) is 0 Å². The van der Waals surface area contributed by atoms with Gasteiger partial charge in [0, 0.05) is 36.3 Å². The highest BCUT2D eigenvalue weighted by Crippen LogP contribution is 2.24. The molecule has 1 aliphatic rings. The molecule has 0 aromatic carbocycles. The second-order valence-corrected chi connectivity index (χ2v) is 6.39. The number of nitrogens with one attached hydrogen (secondary N) is 1. The topological polar surface area (TPSA) is 76.3 Å². The van der Waals surface area contributed by atoms with Crippen molar-refractivity contribution in [2.24, 2.45) is 0 Å². The first kappa shape index (κ1) is 15.1. The Balaban J connectivity index is 1.79. The SMILES string of the molecule is Cc1cnc(Nc2cc(CN3CCOCC3)c(F)c(N)n2)s1. The standard InChI is InChI=1S/C14H18FN5OS/c1-9-7-17-14(22-9)19-11-6-10(12(15)13(16)18-11)8-20-2-4-21-5-3-20/h6-7H,2-5,8H2,1H3,(H3,16,17,18,19). The van der Waals surface area contributed by atoms with Crippen LogP contribution in [0.15, 0.2) is 12.3 Å². The number of hydrogen-bond acceptors (Lipinski definition) is 7. The van der Waals surface area contributed by atoms with E-state index in [1.807, 2.05) is 6.92 Å². The molecule has 8 heteroatoms. The van der Waals surface area contributed by atoms with Crippen molar-refractivity contribution < 1.29 is 9.13 Å². The molecule has 0 unspecified atom stereocenters. The normalized spacial score (nSPS) is 15.9. The zero-order chi connectivity index (χ0) is 15.5. The summed E-state index contributed by atoms with van der Waals surface area (Å²) in [6, 6.07) is 1.69. The third-order valence-electron chi connectivity index (χ3n) is 3.41. The van der Waals surface area contributed by atoms with Gasteiger partial charge in [-0.2, -0.15) is 0 Å². The van der Waals surface area contributed by atoms with Gasteiger partial charge < -0.3 is 15.8 Å². The molecular formula is C14H18FN5OS. The Morgan fingerprint density at radius 2 is 2.23 bits per heavy atom. The van der Waals surface area contributed by atoms with Crippen LogP contribution in [-0.4, -0.2) is 41.2 Å². The maximum absolute atomic E-state index is 14.2. The Bertz CT molecular complexity index is 657. The summed E-state index contributed by atoms with van der Waals surface area (Å²) in [6.07, 6.45) is 1.77. The monoisotopic (exact) mass is 323 g/mol. The molecule has 118 valence electrons. The number of ether oxygens (including phenoxy) is 1. The third kappa shape index (κ3) is 3.52. The number of aromatic nitrogens is 2. The van der Waals surface area contributed by atoms with Crippen molar-refractivity contribution in [2.75, 3.05) is 37.4 Å². The molecule has 2 aromatic heterocycles. The number of hydrogen-bond donors (Lipinski definition) is 2. The Morgan fingerprint density at radius 1 is 1.45 bits per heavy atom. The van der Waals surface area contributed by atoms with Gasteiger partial charge >= 0.3 is 0 Å². The number of nitrogens with zero attached hydrogens (tertiary/aromatic N) is 3. The second kappa shape index (κ2) is 6.55. The van der Waals surface area contributed by atoms with Crippen molar-refractivity contribution in [1.29, 1.82) is 0 Å². The van der Waals surface area contributed by atoms with Crippen LogP contribution < -0.4 is 11.1 Å². The Hall–Kier alpha value is -1.77. The van der Waals surface area contributed by atoms with Crippen molar-refractivity contribution in [2.45, 2.75) is 13.5 Å². The van der Waals surface area contributed by atoms with Crippen molar-refractivity contribution in [3.05, 3.63) is 28.5 Å². The molecular weight excluding hydrogens is 305 g/mol. The highest BCUT2D eigenvalue weighted by atomic mass is 32.1. The van der Waals surface area contributed by atoms with Gasteiger partial charge in [0.1, 0.15) is 5.82 Å². The number of aryl methyl sites for hydroxylation is 1. The molecule has 6 nitrogen and oxygen atoms in total. The molecule has 0 amide bonds. The number of thiazole rings is 1. The lowest BCUT2D eigenvalue weighted by Gasteiger charge is -2.26. The molecule has 1 saturated heterocycles. The van der Waals surface area contributed by atoms with Crippen LogP contribution in [-0.2, 0) is 11.3 Å². The van der Waals surface area contributed by atoms with Crippen LogP contribution in [0.1, 0.15) is 10.4 Å². The lowest BCUT2D eigenvalue weighted by Crippen LogP contribution is -2.36. The molecule has 0 saturated carbocycles. The molecule has 1 aliphatic heterocycles. The van der Waals surface area contributed by atoms with Crippen molar-refractivity contribution in [3.63, 3.8) is 0 Å². The molecule has 2 aromatic rings. The van der Waals surface area contributed by atoms with Gasteiger partial charge in [-0.3, -0.25) is 4.90 Å². The van der Waals surface area contributed by atoms with E-state index in [1.54, 1.807) is 12.3 Å². The quantitative estimate of drug-likeness (QED) is 0.898. The van der Waals surface area contributed by atoms with Crippen molar-refractivity contribution in [1.82, 2.24) is 14.9 Å². The number of rotatable bonds is 4. The van der Waals surface area contributed by atoms with E-state index in [-0.39, 0.29) is 5.82 Å². The first-order valence-corrected chi connectivity index (χ1v) is 7.88. The smallest absolute Gasteiger partial charge is 0.188 e. The highest BCUT2D eigenvalue weighted by Gasteiger charge is 2.16. The number of nitrogen functional groups attached to an aromatic ring is 1. The van der Waals surface area contributed by atoms with Crippen molar-refractivity contribution >= 4 is 28.1 Å². The molecule has 0 radical (unpaired) electrons. The van der Waals surface area contributed by atoms with Gasteiger partial charge in [-0.1, -0.05) is 0 Å². The summed E-state index contributed by atoms with van der Waals surface area (Å²) in [5, 5.41) is 3.79. The van der Waals surface area contributed by atoms with Gasteiger partial charge in [-0.05, 0) is 13.0 Å². The average Bonchev–Trinajstić information content (AvgIpc) is 2.90. The molecule has 0 spiro atoms. The summed E-state index contributed by atoms with van der Waals surface area (Å²) in [5.74, 6) is -0.0367. The van der Waals surface area contributed by atoms with E-state index < -0.39 is 5.82 Å². The van der Waals surface area contributed by atoms with E-state index in [9.17, 15) is 4.39 Å². The summed E-state index contributed by atoms with van der Waals surface area (Å²) in [7, 11) is 0. The van der Waals surface area contributed by atoms with Gasteiger partial charge in [0.25, 0.3) is 0 Å². The minimum Gasteiger partial charge on any atom is -0.381 e. The fourth-order valence-electron chi connectivity index (χ4n) is 2.31. The van der Waals surface area contributed by atoms with E-state index in [0.717, 1.165) is 18.0 Å². The number of pyridine rings is 1. The molecule has 0 atom stereocenters. The zero-order valence-corrected chi connectivity index (χ0v) is 13.1. The zero-order valence-electron chi connectivity index (χ0n) is 12.3. The van der Waals surface area contributed by atoms with Crippen LogP contribution in [0.4, 0.5) is 21.2 Å². The summed E-state index contributed by atoms with van der Waals surface area (Å²) in [4.78, 5) is 11.5. The van der Waals surface area contributed by atoms with E-state index in [2.05, 4.69) is 20.2 Å². The fraction of sp³-hybridized carbons (Fsp3) is 0.429.